The van der Waals surface area contributed by atoms with Crippen LogP contribution < -0.4 is 5.32 Å². The molecular weight excluding hydrogens is 444 g/mol. The van der Waals surface area contributed by atoms with Crippen molar-refractivity contribution in [2.75, 3.05) is 0 Å². The van der Waals surface area contributed by atoms with Crippen molar-refractivity contribution in [3.05, 3.63) is 64.8 Å². The summed E-state index contributed by atoms with van der Waals surface area (Å²) in [5, 5.41) is 2.89. The number of benzene rings is 1. The Bertz CT molecular complexity index is 1220. The number of carbonyl (C=O) groups excluding carboxylic acids is 1. The molecule has 1 N–H and O–H groups in total. The minimum Gasteiger partial charge on any atom is -0.349 e. The largest absolute Gasteiger partial charge is 0.349 e. The lowest BCUT2D eigenvalue weighted by molar-refractivity contribution is -0.125. The fourth-order valence-corrected chi connectivity index (χ4v) is 3.73. The van der Waals surface area contributed by atoms with Gasteiger partial charge >= 0.3 is 0 Å². The van der Waals surface area contributed by atoms with Crippen molar-refractivity contribution in [2.24, 2.45) is 5.92 Å². The van der Waals surface area contributed by atoms with Gasteiger partial charge in [0, 0.05) is 29.0 Å². The summed E-state index contributed by atoms with van der Waals surface area (Å²) in [4.78, 5) is 21.6. The average molecular weight is 462 g/mol. The Morgan fingerprint density at radius 3 is 2.72 bits per heavy atom. The van der Waals surface area contributed by atoms with E-state index in [1.807, 2.05) is 42.8 Å². The van der Waals surface area contributed by atoms with E-state index >= 15 is 0 Å². The molecule has 6 nitrogen and oxygen atoms in total. The Morgan fingerprint density at radius 2 is 1.97 bits per heavy atom. The highest BCUT2D eigenvalue weighted by atomic mass is 79.9. The van der Waals surface area contributed by atoms with E-state index in [1.54, 1.807) is 4.57 Å². The van der Waals surface area contributed by atoms with Gasteiger partial charge in [0.15, 0.2) is 11.6 Å². The normalized spacial score (nSPS) is 12.8. The van der Waals surface area contributed by atoms with Crippen LogP contribution in [0.25, 0.3) is 16.7 Å². The molecule has 1 atom stereocenters. The second-order valence-electron chi connectivity index (χ2n) is 7.16. The summed E-state index contributed by atoms with van der Waals surface area (Å²) in [6, 6.07) is 5.24. The standard InChI is InChI=1S/C20H18BrF2N5O/c1-11(2)19(28-10-25-16-5-14(22)15(23)6-17(16)28)20(29)24-7-13-9-27-8-12(21)3-4-18(27)26-13/h3-6,8-11,19H,7H2,1-2H3,(H,24,29). The second-order valence-corrected chi connectivity index (χ2v) is 8.07. The highest BCUT2D eigenvalue weighted by molar-refractivity contribution is 9.10. The van der Waals surface area contributed by atoms with Gasteiger partial charge < -0.3 is 14.3 Å². The van der Waals surface area contributed by atoms with Crippen LogP contribution in [0.5, 0.6) is 0 Å². The molecule has 4 rings (SSSR count). The van der Waals surface area contributed by atoms with Gasteiger partial charge in [0.05, 0.1) is 29.6 Å². The van der Waals surface area contributed by atoms with Crippen LogP contribution in [-0.4, -0.2) is 24.8 Å². The van der Waals surface area contributed by atoms with Crippen LogP contribution in [0.3, 0.4) is 0 Å². The van der Waals surface area contributed by atoms with Crippen molar-refractivity contribution < 1.29 is 13.6 Å². The zero-order chi connectivity index (χ0) is 20.7. The molecule has 29 heavy (non-hydrogen) atoms. The molecule has 0 saturated heterocycles. The average Bonchev–Trinajstić information content (AvgIpc) is 3.24. The topological polar surface area (TPSA) is 64.2 Å². The van der Waals surface area contributed by atoms with E-state index in [2.05, 4.69) is 31.2 Å². The number of aromatic nitrogens is 4. The number of carbonyl (C=O) groups is 1. The van der Waals surface area contributed by atoms with Gasteiger partial charge in [-0.05, 0) is 34.0 Å². The Balaban J connectivity index is 1.58. The van der Waals surface area contributed by atoms with Gasteiger partial charge in [0.2, 0.25) is 5.91 Å². The molecule has 0 bridgehead atoms. The molecule has 0 saturated carbocycles. The van der Waals surface area contributed by atoms with E-state index in [9.17, 15) is 13.6 Å². The quantitative estimate of drug-likeness (QED) is 0.483. The lowest BCUT2D eigenvalue weighted by Crippen LogP contribution is -2.35. The maximum Gasteiger partial charge on any atom is 0.243 e. The lowest BCUT2D eigenvalue weighted by atomic mass is 10.0. The van der Waals surface area contributed by atoms with Crippen molar-refractivity contribution in [2.45, 2.75) is 26.4 Å². The monoisotopic (exact) mass is 461 g/mol. The van der Waals surface area contributed by atoms with Crippen LogP contribution >= 0.6 is 15.9 Å². The summed E-state index contributed by atoms with van der Waals surface area (Å²) in [5.74, 6) is -2.29. The van der Waals surface area contributed by atoms with Crippen molar-refractivity contribution in [1.29, 1.82) is 0 Å². The molecule has 1 unspecified atom stereocenters. The van der Waals surface area contributed by atoms with Crippen LogP contribution in [-0.2, 0) is 11.3 Å². The van der Waals surface area contributed by atoms with E-state index in [0.717, 1.165) is 22.3 Å². The third-order valence-corrected chi connectivity index (χ3v) is 5.19. The lowest BCUT2D eigenvalue weighted by Gasteiger charge is -2.22. The molecule has 1 amide bonds. The summed E-state index contributed by atoms with van der Waals surface area (Å²) in [5.41, 5.74) is 2.15. The second kappa shape index (κ2) is 7.55. The molecule has 0 fully saturated rings. The number of halogens is 3. The van der Waals surface area contributed by atoms with Gasteiger partial charge in [-0.3, -0.25) is 4.79 Å². The minimum absolute atomic E-state index is 0.0995. The fourth-order valence-electron chi connectivity index (χ4n) is 3.38. The number of hydrogen-bond donors (Lipinski definition) is 1. The van der Waals surface area contributed by atoms with Gasteiger partial charge in [0.25, 0.3) is 0 Å². The molecule has 0 spiro atoms. The van der Waals surface area contributed by atoms with E-state index in [1.165, 1.54) is 6.33 Å². The molecule has 3 heterocycles. The third-order valence-electron chi connectivity index (χ3n) is 4.73. The van der Waals surface area contributed by atoms with Crippen LogP contribution in [0.15, 0.2) is 47.5 Å². The molecule has 9 heteroatoms. The molecule has 0 aliphatic rings. The van der Waals surface area contributed by atoms with Crippen LogP contribution in [0.4, 0.5) is 8.78 Å². The summed E-state index contributed by atoms with van der Waals surface area (Å²) in [7, 11) is 0. The number of imidazole rings is 2. The molecular formula is C20H18BrF2N5O. The first-order valence-electron chi connectivity index (χ1n) is 9.06. The zero-order valence-electron chi connectivity index (χ0n) is 15.7. The van der Waals surface area contributed by atoms with Gasteiger partial charge in [-0.2, -0.15) is 0 Å². The molecule has 1 aromatic carbocycles. The van der Waals surface area contributed by atoms with Crippen LogP contribution in [0, 0.1) is 17.6 Å². The maximum absolute atomic E-state index is 13.7. The maximum atomic E-state index is 13.7. The smallest absolute Gasteiger partial charge is 0.243 e. The van der Waals surface area contributed by atoms with Crippen molar-refractivity contribution >= 4 is 38.5 Å². The number of amides is 1. The molecule has 0 aliphatic heterocycles. The Hall–Kier alpha value is -2.81. The van der Waals surface area contributed by atoms with E-state index < -0.39 is 17.7 Å². The number of nitrogens with zero attached hydrogens (tertiary/aromatic N) is 4. The van der Waals surface area contributed by atoms with Crippen molar-refractivity contribution in [1.82, 2.24) is 24.3 Å². The van der Waals surface area contributed by atoms with Gasteiger partial charge in [-0.25, -0.2) is 18.7 Å². The summed E-state index contributed by atoms with van der Waals surface area (Å²) >= 11 is 3.41. The van der Waals surface area contributed by atoms with Crippen LogP contribution in [0.2, 0.25) is 0 Å². The van der Waals surface area contributed by atoms with Gasteiger partial charge in [-0.15, -0.1) is 0 Å². The summed E-state index contributed by atoms with van der Waals surface area (Å²) in [6.07, 6.45) is 5.17. The van der Waals surface area contributed by atoms with E-state index in [4.69, 9.17) is 0 Å². The SMILES string of the molecule is CC(C)C(C(=O)NCc1cn2cc(Br)ccc2n1)n1cnc2cc(F)c(F)cc21. The Labute approximate surface area is 173 Å². The number of hydrogen-bond acceptors (Lipinski definition) is 3. The summed E-state index contributed by atoms with van der Waals surface area (Å²) < 4.78 is 31.6. The van der Waals surface area contributed by atoms with Crippen LogP contribution in [0.1, 0.15) is 25.6 Å². The predicted molar refractivity (Wildman–Crippen MR) is 108 cm³/mol. The minimum atomic E-state index is -0.974. The molecule has 3 aromatic heterocycles. The number of rotatable bonds is 5. The van der Waals surface area contributed by atoms with E-state index in [0.29, 0.717) is 16.7 Å². The first-order valence-corrected chi connectivity index (χ1v) is 9.85. The van der Waals surface area contributed by atoms with Crippen molar-refractivity contribution in [3.8, 4) is 0 Å². The van der Waals surface area contributed by atoms with Gasteiger partial charge in [0.1, 0.15) is 11.7 Å². The first-order chi connectivity index (χ1) is 13.8. The molecule has 0 aliphatic carbocycles. The van der Waals surface area contributed by atoms with Crippen molar-refractivity contribution in [3.63, 3.8) is 0 Å². The van der Waals surface area contributed by atoms with Gasteiger partial charge in [-0.1, -0.05) is 13.8 Å². The summed E-state index contributed by atoms with van der Waals surface area (Å²) in [6.45, 7) is 4.02. The molecule has 150 valence electrons. The Morgan fingerprint density at radius 1 is 1.21 bits per heavy atom. The number of pyridine rings is 1. The number of fused-ring (bicyclic) bond motifs is 2. The zero-order valence-corrected chi connectivity index (χ0v) is 17.3. The number of nitrogens with one attached hydrogen (secondary N) is 1. The predicted octanol–water partition coefficient (Wildman–Crippen LogP) is 4.24. The highest BCUT2D eigenvalue weighted by Gasteiger charge is 2.26. The fraction of sp³-hybridized carbons (Fsp3) is 0.250. The first kappa shape index (κ1) is 19.5. The molecule has 0 radical (unpaired) electrons. The Kier molecular flexibility index (Phi) is 5.08. The highest BCUT2D eigenvalue weighted by Crippen LogP contribution is 2.25. The third kappa shape index (κ3) is 3.74. The van der Waals surface area contributed by atoms with E-state index in [-0.39, 0.29) is 18.4 Å². The molecule has 4 aromatic rings.